The minimum Gasteiger partial charge on any atom is -0.352 e. The van der Waals surface area contributed by atoms with Gasteiger partial charge in [0.25, 0.3) is 5.91 Å². The Morgan fingerprint density at radius 2 is 1.93 bits per heavy atom. The number of carbonyl (C=O) groups is 1. The molecule has 0 unspecified atom stereocenters. The van der Waals surface area contributed by atoms with E-state index in [-0.39, 0.29) is 5.91 Å². The van der Waals surface area contributed by atoms with Crippen LogP contribution in [-0.2, 0) is 7.05 Å². The van der Waals surface area contributed by atoms with Crippen LogP contribution in [0.5, 0.6) is 0 Å². The average molecular weight is 405 g/mol. The summed E-state index contributed by atoms with van der Waals surface area (Å²) in [6.45, 7) is 4.55. The van der Waals surface area contributed by atoms with Crippen LogP contribution < -0.4 is 5.32 Å². The van der Waals surface area contributed by atoms with Crippen LogP contribution in [0.3, 0.4) is 0 Å². The standard InChI is InChI=1S/C23H28N6O/c1-15-19(14-27-29(15)3)23(30)26-12-17-7-9-18(10-8-17)22-20(13-25-16(2)28-22)21-6-4-5-11-24-21/h4-6,11,13-14,17-18H,7-10,12H2,1-3H3,(H,26,30). The Bertz CT molecular complexity index is 1020. The Kier molecular flexibility index (Phi) is 5.88. The molecule has 1 fully saturated rings. The normalized spacial score (nSPS) is 18.9. The summed E-state index contributed by atoms with van der Waals surface area (Å²) >= 11 is 0. The molecule has 0 spiro atoms. The number of nitrogens with zero attached hydrogens (tertiary/aromatic N) is 5. The van der Waals surface area contributed by atoms with Gasteiger partial charge in [0.2, 0.25) is 0 Å². The van der Waals surface area contributed by atoms with Gasteiger partial charge in [-0.15, -0.1) is 0 Å². The van der Waals surface area contributed by atoms with E-state index in [2.05, 4.69) is 20.4 Å². The maximum Gasteiger partial charge on any atom is 0.254 e. The summed E-state index contributed by atoms with van der Waals surface area (Å²) in [7, 11) is 1.85. The first-order chi connectivity index (χ1) is 14.5. The smallest absolute Gasteiger partial charge is 0.254 e. The average Bonchev–Trinajstić information content (AvgIpc) is 3.11. The fourth-order valence-corrected chi connectivity index (χ4v) is 4.21. The van der Waals surface area contributed by atoms with Crippen molar-refractivity contribution < 1.29 is 4.79 Å². The van der Waals surface area contributed by atoms with E-state index in [4.69, 9.17) is 4.98 Å². The van der Waals surface area contributed by atoms with Gasteiger partial charge in [0, 0.05) is 43.2 Å². The molecular weight excluding hydrogens is 376 g/mol. The lowest BCUT2D eigenvalue weighted by molar-refractivity contribution is 0.0942. The number of aromatic nitrogens is 5. The first kappa shape index (κ1) is 20.2. The Morgan fingerprint density at radius 3 is 2.60 bits per heavy atom. The van der Waals surface area contributed by atoms with Gasteiger partial charge in [-0.2, -0.15) is 5.10 Å². The monoisotopic (exact) mass is 404 g/mol. The van der Waals surface area contributed by atoms with Crippen LogP contribution >= 0.6 is 0 Å². The van der Waals surface area contributed by atoms with Crippen molar-refractivity contribution in [3.8, 4) is 11.3 Å². The molecule has 30 heavy (non-hydrogen) atoms. The third-order valence-electron chi connectivity index (χ3n) is 6.14. The highest BCUT2D eigenvalue weighted by atomic mass is 16.1. The van der Waals surface area contributed by atoms with Gasteiger partial charge in [0.1, 0.15) is 5.82 Å². The third kappa shape index (κ3) is 4.25. The molecule has 7 heteroatoms. The molecule has 1 aliphatic carbocycles. The molecule has 1 aliphatic rings. The van der Waals surface area contributed by atoms with E-state index < -0.39 is 0 Å². The Hall–Kier alpha value is -3.09. The molecule has 1 saturated carbocycles. The summed E-state index contributed by atoms with van der Waals surface area (Å²) in [4.78, 5) is 26.2. The second-order valence-corrected chi connectivity index (χ2v) is 8.13. The summed E-state index contributed by atoms with van der Waals surface area (Å²) < 4.78 is 1.73. The molecule has 3 aromatic heterocycles. The van der Waals surface area contributed by atoms with E-state index in [1.165, 1.54) is 0 Å². The molecule has 0 aromatic carbocycles. The maximum atomic E-state index is 12.5. The molecule has 0 bridgehead atoms. The van der Waals surface area contributed by atoms with Crippen molar-refractivity contribution in [3.05, 3.63) is 59.6 Å². The highest BCUT2D eigenvalue weighted by Crippen LogP contribution is 2.38. The zero-order valence-electron chi connectivity index (χ0n) is 17.8. The molecular formula is C23H28N6O. The van der Waals surface area contributed by atoms with Gasteiger partial charge in [0.05, 0.1) is 23.1 Å². The van der Waals surface area contributed by atoms with Crippen LogP contribution in [0.4, 0.5) is 0 Å². The molecule has 0 aliphatic heterocycles. The van der Waals surface area contributed by atoms with Crippen molar-refractivity contribution in [3.63, 3.8) is 0 Å². The Balaban J connectivity index is 1.39. The molecule has 3 aromatic rings. The Morgan fingerprint density at radius 1 is 1.13 bits per heavy atom. The zero-order valence-corrected chi connectivity index (χ0v) is 17.8. The molecule has 4 rings (SSSR count). The van der Waals surface area contributed by atoms with Crippen molar-refractivity contribution in [1.29, 1.82) is 0 Å². The van der Waals surface area contributed by atoms with Gasteiger partial charge >= 0.3 is 0 Å². The fourth-order valence-electron chi connectivity index (χ4n) is 4.21. The number of rotatable bonds is 5. The molecule has 156 valence electrons. The van der Waals surface area contributed by atoms with Crippen LogP contribution in [0.1, 0.15) is 59.2 Å². The molecule has 0 atom stereocenters. The van der Waals surface area contributed by atoms with Crippen molar-refractivity contribution in [1.82, 2.24) is 30.0 Å². The summed E-state index contributed by atoms with van der Waals surface area (Å²) in [6, 6.07) is 5.93. The van der Waals surface area contributed by atoms with E-state index in [0.717, 1.165) is 54.2 Å². The molecule has 0 radical (unpaired) electrons. The topological polar surface area (TPSA) is 85.6 Å². The van der Waals surface area contributed by atoms with Gasteiger partial charge in [-0.1, -0.05) is 6.07 Å². The fraction of sp³-hybridized carbons (Fsp3) is 0.435. The highest BCUT2D eigenvalue weighted by molar-refractivity contribution is 5.95. The number of hydrogen-bond acceptors (Lipinski definition) is 5. The van der Waals surface area contributed by atoms with Gasteiger partial charge in [-0.3, -0.25) is 14.5 Å². The van der Waals surface area contributed by atoms with Crippen molar-refractivity contribution >= 4 is 5.91 Å². The number of aryl methyl sites for hydroxylation is 2. The Labute approximate surface area is 177 Å². The molecule has 0 saturated heterocycles. The summed E-state index contributed by atoms with van der Waals surface area (Å²) in [6.07, 6.45) is 9.61. The van der Waals surface area contributed by atoms with Crippen LogP contribution in [0.2, 0.25) is 0 Å². The lowest BCUT2D eigenvalue weighted by atomic mass is 9.79. The van der Waals surface area contributed by atoms with Gasteiger partial charge in [0.15, 0.2) is 0 Å². The number of carbonyl (C=O) groups excluding carboxylic acids is 1. The van der Waals surface area contributed by atoms with E-state index in [1.54, 1.807) is 10.9 Å². The van der Waals surface area contributed by atoms with Crippen molar-refractivity contribution in [2.24, 2.45) is 13.0 Å². The highest BCUT2D eigenvalue weighted by Gasteiger charge is 2.26. The lowest BCUT2D eigenvalue weighted by Gasteiger charge is -2.29. The van der Waals surface area contributed by atoms with Crippen LogP contribution in [0.15, 0.2) is 36.8 Å². The quantitative estimate of drug-likeness (QED) is 0.702. The van der Waals surface area contributed by atoms with Crippen LogP contribution in [-0.4, -0.2) is 37.2 Å². The minimum atomic E-state index is -0.0356. The molecule has 1 amide bonds. The number of hydrogen-bond donors (Lipinski definition) is 1. The zero-order chi connectivity index (χ0) is 21.1. The number of pyridine rings is 1. The van der Waals surface area contributed by atoms with Crippen LogP contribution in [0, 0.1) is 19.8 Å². The molecule has 7 nitrogen and oxygen atoms in total. The first-order valence-electron chi connectivity index (χ1n) is 10.5. The van der Waals surface area contributed by atoms with Gasteiger partial charge in [-0.25, -0.2) is 9.97 Å². The third-order valence-corrected chi connectivity index (χ3v) is 6.14. The lowest BCUT2D eigenvalue weighted by Crippen LogP contribution is -2.31. The molecule has 1 N–H and O–H groups in total. The largest absolute Gasteiger partial charge is 0.352 e. The SMILES string of the molecule is Cc1ncc(-c2ccccn2)c(C2CCC(CNC(=O)c3cnn(C)c3C)CC2)n1. The van der Waals surface area contributed by atoms with Crippen LogP contribution in [0.25, 0.3) is 11.3 Å². The van der Waals surface area contributed by atoms with E-state index in [0.29, 0.717) is 23.9 Å². The predicted octanol–water partition coefficient (Wildman–Crippen LogP) is 3.59. The maximum absolute atomic E-state index is 12.5. The summed E-state index contributed by atoms with van der Waals surface area (Å²) in [5.74, 6) is 1.65. The molecule has 3 heterocycles. The summed E-state index contributed by atoms with van der Waals surface area (Å²) in [5.41, 5.74) is 4.61. The van der Waals surface area contributed by atoms with E-state index >= 15 is 0 Å². The van der Waals surface area contributed by atoms with E-state index in [1.807, 2.05) is 51.5 Å². The van der Waals surface area contributed by atoms with Crippen molar-refractivity contribution in [2.75, 3.05) is 6.54 Å². The minimum absolute atomic E-state index is 0.0356. The predicted molar refractivity (Wildman–Crippen MR) is 115 cm³/mol. The number of nitrogens with one attached hydrogen (secondary N) is 1. The van der Waals surface area contributed by atoms with Crippen molar-refractivity contribution in [2.45, 2.75) is 45.4 Å². The second kappa shape index (κ2) is 8.73. The van der Waals surface area contributed by atoms with Gasteiger partial charge in [-0.05, 0) is 57.6 Å². The number of amides is 1. The summed E-state index contributed by atoms with van der Waals surface area (Å²) in [5, 5.41) is 7.25. The van der Waals surface area contributed by atoms with Gasteiger partial charge < -0.3 is 5.32 Å². The van der Waals surface area contributed by atoms with E-state index in [9.17, 15) is 4.79 Å². The first-order valence-corrected chi connectivity index (χ1v) is 10.5. The second-order valence-electron chi connectivity index (χ2n) is 8.13.